The van der Waals surface area contributed by atoms with E-state index in [2.05, 4.69) is 6.92 Å². The number of hydrogen-bond donors (Lipinski definition) is 4. The van der Waals surface area contributed by atoms with Gasteiger partial charge in [0.15, 0.2) is 0 Å². The van der Waals surface area contributed by atoms with E-state index in [9.17, 15) is 28.2 Å². The number of unbranched alkanes of at least 4 members (excludes halogenated alkanes) is 2. The monoisotopic (exact) mass is 692 g/mol. The highest BCUT2D eigenvalue weighted by atomic mass is 19.4. The first-order valence-corrected chi connectivity index (χ1v) is 17.2. The Morgan fingerprint density at radius 1 is 0.980 bits per heavy atom. The fraction of sp³-hybridized carbons (Fsp3) is 0.605. The molecule has 0 aliphatic carbocycles. The molecule has 11 heteroatoms. The Balaban J connectivity index is 1.56. The summed E-state index contributed by atoms with van der Waals surface area (Å²) in [5.74, 6) is -0.166. The predicted octanol–water partition coefficient (Wildman–Crippen LogP) is 7.78. The fourth-order valence-corrected chi connectivity index (χ4v) is 6.11. The first-order valence-electron chi connectivity index (χ1n) is 17.2. The second kappa shape index (κ2) is 16.7. The van der Waals surface area contributed by atoms with Crippen LogP contribution in [0.2, 0.25) is 0 Å². The normalized spacial score (nSPS) is 15.2. The lowest BCUT2D eigenvalue weighted by atomic mass is 9.67. The van der Waals surface area contributed by atoms with Crippen LogP contribution >= 0.6 is 0 Å². The summed E-state index contributed by atoms with van der Waals surface area (Å²) in [6.45, 7) is 10.8. The smallest absolute Gasteiger partial charge is 0.417 e. The van der Waals surface area contributed by atoms with Crippen molar-refractivity contribution < 1.29 is 42.1 Å². The minimum Gasteiger partial charge on any atom is -0.493 e. The van der Waals surface area contributed by atoms with E-state index in [0.29, 0.717) is 48.2 Å². The highest BCUT2D eigenvalue weighted by Crippen LogP contribution is 2.41. The molecule has 3 rings (SSSR count). The van der Waals surface area contributed by atoms with E-state index in [4.69, 9.17) is 25.4 Å². The standard InChI is InChI=1S/C38H55F3N2O6/c1-7-8-9-11-25-13-16-30(31(19-25)38(39,40)41)33-20-27-14-15-29(21-32(27)49-33)47-17-10-12-26(22-44)18-28(45)23-48-34(46)37(6,36(4,5)43)24-35(2,3)42/h13-16,19-21,26,28,44-45H,7-12,17-18,22-24,42-43H2,1-6H3. The van der Waals surface area contributed by atoms with Crippen LogP contribution in [-0.2, 0) is 22.1 Å². The van der Waals surface area contributed by atoms with Crippen molar-refractivity contribution in [1.29, 1.82) is 0 Å². The summed E-state index contributed by atoms with van der Waals surface area (Å²) in [4.78, 5) is 13.1. The Morgan fingerprint density at radius 2 is 1.69 bits per heavy atom. The molecule has 0 fully saturated rings. The molecule has 8 nitrogen and oxygen atoms in total. The van der Waals surface area contributed by atoms with Gasteiger partial charge in [0.1, 0.15) is 23.7 Å². The van der Waals surface area contributed by atoms with Gasteiger partial charge >= 0.3 is 12.1 Å². The van der Waals surface area contributed by atoms with Gasteiger partial charge in [-0.3, -0.25) is 4.79 Å². The van der Waals surface area contributed by atoms with Crippen molar-refractivity contribution in [1.82, 2.24) is 0 Å². The van der Waals surface area contributed by atoms with Gasteiger partial charge in [0.2, 0.25) is 0 Å². The van der Waals surface area contributed by atoms with Crippen LogP contribution in [0.15, 0.2) is 46.9 Å². The van der Waals surface area contributed by atoms with E-state index in [1.54, 1.807) is 51.1 Å². The van der Waals surface area contributed by atoms with Gasteiger partial charge in [0.05, 0.1) is 23.7 Å². The Hall–Kier alpha value is -3.12. The highest BCUT2D eigenvalue weighted by Gasteiger charge is 2.48. The number of aliphatic hydroxyl groups is 2. The average molecular weight is 693 g/mol. The van der Waals surface area contributed by atoms with Crippen LogP contribution in [0.1, 0.15) is 97.6 Å². The zero-order valence-corrected chi connectivity index (χ0v) is 29.8. The third kappa shape index (κ3) is 11.5. The number of alkyl halides is 3. The lowest BCUT2D eigenvalue weighted by Gasteiger charge is -2.43. The summed E-state index contributed by atoms with van der Waals surface area (Å²) < 4.78 is 59.3. The largest absolute Gasteiger partial charge is 0.493 e. The lowest BCUT2D eigenvalue weighted by molar-refractivity contribution is -0.163. The molecule has 0 radical (unpaired) electrons. The number of fused-ring (bicyclic) bond motifs is 1. The topological polar surface area (TPSA) is 141 Å². The molecule has 49 heavy (non-hydrogen) atoms. The van der Waals surface area contributed by atoms with Gasteiger partial charge < -0.3 is 35.6 Å². The van der Waals surface area contributed by atoms with Crippen LogP contribution in [0, 0.1) is 11.3 Å². The molecule has 3 aromatic rings. The number of halogens is 3. The van der Waals surface area contributed by atoms with Crippen molar-refractivity contribution in [3.8, 4) is 17.1 Å². The van der Waals surface area contributed by atoms with Gasteiger partial charge in [-0.15, -0.1) is 0 Å². The SMILES string of the molecule is CCCCCc1ccc(-c2cc3ccc(OCCCC(CO)CC(O)COC(=O)C(C)(CC(C)(C)N)C(C)(C)N)cc3o2)c(C(F)(F)F)c1. The van der Waals surface area contributed by atoms with Gasteiger partial charge in [0.25, 0.3) is 0 Å². The molecule has 6 N–H and O–H groups in total. The zero-order chi connectivity index (χ0) is 36.6. The van der Waals surface area contributed by atoms with E-state index < -0.39 is 40.3 Å². The maximum absolute atomic E-state index is 14.0. The molecule has 0 amide bonds. The van der Waals surface area contributed by atoms with E-state index >= 15 is 0 Å². The van der Waals surface area contributed by atoms with Gasteiger partial charge in [0, 0.05) is 34.7 Å². The average Bonchev–Trinajstić information content (AvgIpc) is 3.43. The maximum Gasteiger partial charge on any atom is 0.417 e. The quantitative estimate of drug-likeness (QED) is 0.0738. The summed E-state index contributed by atoms with van der Waals surface area (Å²) >= 11 is 0. The molecule has 1 heterocycles. The van der Waals surface area contributed by atoms with Gasteiger partial charge in [-0.1, -0.05) is 31.9 Å². The number of rotatable bonds is 19. The van der Waals surface area contributed by atoms with Crippen molar-refractivity contribution in [3.63, 3.8) is 0 Å². The third-order valence-electron chi connectivity index (χ3n) is 9.19. The number of hydrogen-bond acceptors (Lipinski definition) is 8. The number of furan rings is 1. The number of benzene rings is 2. The van der Waals surface area contributed by atoms with Gasteiger partial charge in [-0.25, -0.2) is 0 Å². The number of ether oxygens (including phenoxy) is 2. The minimum absolute atomic E-state index is 0.00541. The van der Waals surface area contributed by atoms with Crippen molar-refractivity contribution >= 4 is 16.9 Å². The van der Waals surface area contributed by atoms with Crippen LogP contribution in [0.4, 0.5) is 13.2 Å². The molecule has 0 aliphatic heterocycles. The summed E-state index contributed by atoms with van der Waals surface area (Å²) in [6, 6.07) is 11.2. The molecule has 3 atom stereocenters. The molecule has 274 valence electrons. The number of carbonyl (C=O) groups excluding carboxylic acids is 1. The Labute approximate surface area is 288 Å². The molecule has 0 aliphatic rings. The van der Waals surface area contributed by atoms with Crippen LogP contribution in [0.3, 0.4) is 0 Å². The molecule has 1 aromatic heterocycles. The first kappa shape index (κ1) is 40.3. The lowest BCUT2D eigenvalue weighted by Crippen LogP contribution is -2.58. The predicted molar refractivity (Wildman–Crippen MR) is 186 cm³/mol. The zero-order valence-electron chi connectivity index (χ0n) is 29.8. The number of esters is 1. The van der Waals surface area contributed by atoms with Crippen molar-refractivity contribution in [3.05, 3.63) is 53.6 Å². The van der Waals surface area contributed by atoms with E-state index in [-0.39, 0.29) is 43.3 Å². The van der Waals surface area contributed by atoms with E-state index in [0.717, 1.165) is 19.3 Å². The molecule has 0 saturated heterocycles. The third-order valence-corrected chi connectivity index (χ3v) is 9.19. The van der Waals surface area contributed by atoms with Crippen LogP contribution < -0.4 is 16.2 Å². The number of carbonyl (C=O) groups is 1. The Morgan fingerprint density at radius 3 is 2.31 bits per heavy atom. The van der Waals surface area contributed by atoms with Crippen molar-refractivity contribution in [2.45, 2.75) is 116 Å². The highest BCUT2D eigenvalue weighted by molar-refractivity contribution is 5.84. The summed E-state index contributed by atoms with van der Waals surface area (Å²) in [5, 5.41) is 21.2. The summed E-state index contributed by atoms with van der Waals surface area (Å²) in [5.41, 5.74) is 10.2. The fourth-order valence-electron chi connectivity index (χ4n) is 6.11. The van der Waals surface area contributed by atoms with Crippen molar-refractivity contribution in [2.24, 2.45) is 22.8 Å². The summed E-state index contributed by atoms with van der Waals surface area (Å²) in [6.07, 6.45) is -0.519. The number of aliphatic hydroxyl groups excluding tert-OH is 2. The first-order chi connectivity index (χ1) is 22.8. The minimum atomic E-state index is -4.53. The van der Waals surface area contributed by atoms with Crippen molar-refractivity contribution in [2.75, 3.05) is 19.8 Å². The Kier molecular flexibility index (Phi) is 13.8. The van der Waals surface area contributed by atoms with Crippen LogP contribution in [0.5, 0.6) is 5.75 Å². The van der Waals surface area contributed by atoms with E-state index in [1.807, 2.05) is 13.8 Å². The van der Waals surface area contributed by atoms with Gasteiger partial charge in [-0.05, 0) is 109 Å². The molecule has 0 saturated carbocycles. The number of aryl methyl sites for hydroxylation is 1. The molecule has 0 bridgehead atoms. The molecule has 2 aromatic carbocycles. The second-order valence-electron chi connectivity index (χ2n) is 14.9. The molecule has 3 unspecified atom stereocenters. The molecular formula is C38H55F3N2O6. The maximum atomic E-state index is 14.0. The van der Waals surface area contributed by atoms with Crippen LogP contribution in [-0.4, -0.2) is 53.2 Å². The van der Waals surface area contributed by atoms with Gasteiger partial charge in [-0.2, -0.15) is 13.2 Å². The Bertz CT molecular complexity index is 1510. The van der Waals surface area contributed by atoms with E-state index in [1.165, 1.54) is 12.1 Å². The summed E-state index contributed by atoms with van der Waals surface area (Å²) in [7, 11) is 0. The molecular weight excluding hydrogens is 637 g/mol. The molecule has 0 spiro atoms. The van der Waals surface area contributed by atoms with Crippen LogP contribution in [0.25, 0.3) is 22.3 Å². The second-order valence-corrected chi connectivity index (χ2v) is 14.9. The number of nitrogens with two attached hydrogens (primary N) is 2.